The number of ether oxygens (including phenoxy) is 1. The highest BCUT2D eigenvalue weighted by Gasteiger charge is 2.19. The molecule has 16 heavy (non-hydrogen) atoms. The fourth-order valence-corrected chi connectivity index (χ4v) is 2.06. The first-order chi connectivity index (χ1) is 7.76. The third-order valence-corrected chi connectivity index (χ3v) is 3.24. The Labute approximate surface area is 102 Å². The summed E-state index contributed by atoms with van der Waals surface area (Å²) in [7, 11) is 3.93. The minimum Gasteiger partial charge on any atom is -0.383 e. The van der Waals surface area contributed by atoms with Crippen molar-refractivity contribution in [1.29, 1.82) is 0 Å². The first-order valence-electron chi connectivity index (χ1n) is 6.95. The van der Waals surface area contributed by atoms with Gasteiger partial charge in [-0.2, -0.15) is 0 Å². The predicted octanol–water partition coefficient (Wildman–Crippen LogP) is 3.70. The third kappa shape index (κ3) is 8.12. The number of nitrogens with zero attached hydrogens (tertiary/aromatic N) is 1. The van der Waals surface area contributed by atoms with Crippen molar-refractivity contribution in [3.05, 3.63) is 0 Å². The van der Waals surface area contributed by atoms with E-state index in [0.717, 1.165) is 6.61 Å². The van der Waals surface area contributed by atoms with E-state index in [1.807, 2.05) is 0 Å². The molecule has 0 aromatic carbocycles. The van der Waals surface area contributed by atoms with E-state index in [9.17, 15) is 0 Å². The maximum Gasteiger partial charge on any atom is 0.0617 e. The van der Waals surface area contributed by atoms with E-state index < -0.39 is 0 Å². The van der Waals surface area contributed by atoms with E-state index in [-0.39, 0.29) is 0 Å². The lowest BCUT2D eigenvalue weighted by Gasteiger charge is -2.17. The number of methoxy groups -OCH3 is 1. The van der Waals surface area contributed by atoms with Crippen molar-refractivity contribution in [3.63, 3.8) is 0 Å². The average molecular weight is 229 g/mol. The monoisotopic (exact) mass is 229 g/mol. The molecule has 0 amide bonds. The summed E-state index contributed by atoms with van der Waals surface area (Å²) in [5.74, 6) is 0. The molecule has 0 saturated carbocycles. The van der Waals surface area contributed by atoms with Gasteiger partial charge in [-0.15, -0.1) is 0 Å². The van der Waals surface area contributed by atoms with Gasteiger partial charge in [0.05, 0.1) is 6.61 Å². The zero-order valence-corrected chi connectivity index (χ0v) is 11.8. The second kappa shape index (κ2) is 11.4. The highest BCUT2D eigenvalue weighted by Crippen LogP contribution is 2.13. The van der Waals surface area contributed by atoms with E-state index in [4.69, 9.17) is 4.74 Å². The lowest BCUT2D eigenvalue weighted by molar-refractivity contribution is 0.129. The van der Waals surface area contributed by atoms with Gasteiger partial charge in [-0.25, -0.2) is 0 Å². The third-order valence-electron chi connectivity index (χ3n) is 3.24. The molecule has 1 atom stereocenters. The number of likely N-dealkylation sites (N-methyl/N-ethyl adjacent to an activating group) is 1. The molecule has 0 N–H and O–H groups in total. The number of unbranched alkanes of at least 4 members (excludes halogenated alkanes) is 4. The van der Waals surface area contributed by atoms with E-state index >= 15 is 0 Å². The molecule has 1 aliphatic heterocycles. The molecule has 2 nitrogen and oxygen atoms in total. The molecule has 0 aromatic heterocycles. The number of rotatable bonds is 6. The summed E-state index contributed by atoms with van der Waals surface area (Å²) in [6.07, 6.45) is 9.66. The number of hydrogen-bond acceptors (Lipinski definition) is 2. The van der Waals surface area contributed by atoms with Crippen molar-refractivity contribution in [3.8, 4) is 0 Å². The average Bonchev–Trinajstić information content (AvgIpc) is 2.67. The molecule has 1 fully saturated rings. The molecule has 0 radical (unpaired) electrons. The second-order valence-electron chi connectivity index (χ2n) is 4.79. The van der Waals surface area contributed by atoms with Gasteiger partial charge in [-0.3, -0.25) is 0 Å². The van der Waals surface area contributed by atoms with Crippen LogP contribution in [-0.2, 0) is 4.74 Å². The van der Waals surface area contributed by atoms with Gasteiger partial charge < -0.3 is 9.64 Å². The van der Waals surface area contributed by atoms with E-state index in [2.05, 4.69) is 25.8 Å². The summed E-state index contributed by atoms with van der Waals surface area (Å²) in [5, 5.41) is 0. The summed E-state index contributed by atoms with van der Waals surface area (Å²) in [6.45, 7) is 6.63. The van der Waals surface area contributed by atoms with Crippen LogP contribution < -0.4 is 0 Å². The van der Waals surface area contributed by atoms with Crippen molar-refractivity contribution < 1.29 is 4.74 Å². The van der Waals surface area contributed by atoms with Gasteiger partial charge in [-0.1, -0.05) is 46.0 Å². The quantitative estimate of drug-likeness (QED) is 0.644. The van der Waals surface area contributed by atoms with Gasteiger partial charge in [0.2, 0.25) is 0 Å². The van der Waals surface area contributed by atoms with Gasteiger partial charge in [-0.05, 0) is 26.4 Å². The van der Waals surface area contributed by atoms with Crippen LogP contribution in [0.3, 0.4) is 0 Å². The number of hydrogen-bond donors (Lipinski definition) is 0. The maximum atomic E-state index is 5.05. The normalized spacial score (nSPS) is 20.6. The standard InChI is InChI=1S/C7H15NO.C7H16/c1-8-5-3-4-7(8)6-9-2;1-3-5-7-6-4-2/h7H,3-6H2,1-2H3;3-7H2,1-2H3. The van der Waals surface area contributed by atoms with E-state index in [1.54, 1.807) is 7.11 Å². The summed E-state index contributed by atoms with van der Waals surface area (Å²) >= 11 is 0. The van der Waals surface area contributed by atoms with Gasteiger partial charge >= 0.3 is 0 Å². The SMILES string of the molecule is CCCCCCC.COCC1CCCN1C. The Balaban J connectivity index is 0.000000293. The molecule has 1 saturated heterocycles. The largest absolute Gasteiger partial charge is 0.383 e. The van der Waals surface area contributed by atoms with Crippen LogP contribution in [-0.4, -0.2) is 38.3 Å². The summed E-state index contributed by atoms with van der Waals surface area (Å²) < 4.78 is 5.05. The zero-order valence-electron chi connectivity index (χ0n) is 11.8. The number of likely N-dealkylation sites (tertiary alicyclic amines) is 1. The van der Waals surface area contributed by atoms with Crippen LogP contribution in [0.15, 0.2) is 0 Å². The minimum atomic E-state index is 0.690. The molecule has 0 bridgehead atoms. The van der Waals surface area contributed by atoms with Gasteiger partial charge in [0.25, 0.3) is 0 Å². The molecule has 1 aliphatic rings. The van der Waals surface area contributed by atoms with Crippen LogP contribution in [0.1, 0.15) is 58.8 Å². The highest BCUT2D eigenvalue weighted by molar-refractivity contribution is 4.75. The Morgan fingerprint density at radius 2 is 1.75 bits per heavy atom. The Morgan fingerprint density at radius 3 is 2.12 bits per heavy atom. The van der Waals surface area contributed by atoms with Crippen LogP contribution in [0.2, 0.25) is 0 Å². The van der Waals surface area contributed by atoms with Crippen molar-refractivity contribution in [2.75, 3.05) is 27.3 Å². The molecule has 1 heterocycles. The minimum absolute atomic E-state index is 0.690. The van der Waals surface area contributed by atoms with Crippen LogP contribution >= 0.6 is 0 Å². The maximum absolute atomic E-state index is 5.05. The molecule has 0 aliphatic carbocycles. The molecular formula is C14H31NO. The van der Waals surface area contributed by atoms with Crippen molar-refractivity contribution in [1.82, 2.24) is 4.90 Å². The van der Waals surface area contributed by atoms with Gasteiger partial charge in [0.1, 0.15) is 0 Å². The molecule has 1 unspecified atom stereocenters. The van der Waals surface area contributed by atoms with E-state index in [1.165, 1.54) is 51.5 Å². The first-order valence-corrected chi connectivity index (χ1v) is 6.95. The highest BCUT2D eigenvalue weighted by atomic mass is 16.5. The first kappa shape index (κ1) is 15.9. The van der Waals surface area contributed by atoms with Crippen LogP contribution in [0.25, 0.3) is 0 Å². The summed E-state index contributed by atoms with van der Waals surface area (Å²) in [4.78, 5) is 2.36. The fourth-order valence-electron chi connectivity index (χ4n) is 2.06. The Bertz CT molecular complexity index is 135. The Kier molecular flexibility index (Phi) is 11.3. The van der Waals surface area contributed by atoms with Gasteiger partial charge in [0.15, 0.2) is 0 Å². The summed E-state index contributed by atoms with van der Waals surface area (Å²) in [5.41, 5.74) is 0. The fraction of sp³-hybridized carbons (Fsp3) is 1.00. The summed E-state index contributed by atoms with van der Waals surface area (Å²) in [6, 6.07) is 0.690. The topological polar surface area (TPSA) is 12.5 Å². The zero-order chi connectivity index (χ0) is 12.2. The van der Waals surface area contributed by atoms with E-state index in [0.29, 0.717) is 6.04 Å². The van der Waals surface area contributed by atoms with Crippen LogP contribution in [0, 0.1) is 0 Å². The molecule has 2 heteroatoms. The molecule has 0 aromatic rings. The van der Waals surface area contributed by atoms with Crippen molar-refractivity contribution in [2.24, 2.45) is 0 Å². The lowest BCUT2D eigenvalue weighted by Crippen LogP contribution is -2.28. The lowest BCUT2D eigenvalue weighted by atomic mass is 10.2. The van der Waals surface area contributed by atoms with Crippen LogP contribution in [0.5, 0.6) is 0 Å². The molecule has 1 rings (SSSR count). The van der Waals surface area contributed by atoms with Crippen molar-refractivity contribution in [2.45, 2.75) is 64.8 Å². The predicted molar refractivity (Wildman–Crippen MR) is 72.0 cm³/mol. The smallest absolute Gasteiger partial charge is 0.0617 e. The Hall–Kier alpha value is -0.0800. The molecule has 0 spiro atoms. The Morgan fingerprint density at radius 1 is 1.12 bits per heavy atom. The molecule has 98 valence electrons. The van der Waals surface area contributed by atoms with Gasteiger partial charge in [0, 0.05) is 13.2 Å². The van der Waals surface area contributed by atoms with Crippen molar-refractivity contribution >= 4 is 0 Å². The second-order valence-corrected chi connectivity index (χ2v) is 4.79. The van der Waals surface area contributed by atoms with Crippen LogP contribution in [0.4, 0.5) is 0 Å². The molecular weight excluding hydrogens is 198 g/mol.